The number of allylic oxidation sites excluding steroid dienone is 1. The zero-order chi connectivity index (χ0) is 9.38. The van der Waals surface area contributed by atoms with Gasteiger partial charge in [-0.05, 0) is 12.5 Å². The number of hydrogen-bond donors (Lipinski definition) is 1. The summed E-state index contributed by atoms with van der Waals surface area (Å²) in [6.45, 7) is 0. The number of halogens is 1. The van der Waals surface area contributed by atoms with Gasteiger partial charge >= 0.3 is 0 Å². The van der Waals surface area contributed by atoms with Gasteiger partial charge < -0.3 is 9.40 Å². The number of H-pyrrole nitrogens is 1. The third-order valence-electron chi connectivity index (χ3n) is 2.41. The number of furan rings is 1. The average Bonchev–Trinajstić information content (AvgIpc) is 2.86. The smallest absolute Gasteiger partial charge is 0.173 e. The fourth-order valence-electron chi connectivity index (χ4n) is 1.72. The standard InChI is InChI=1S/C11H10N2O.ClH/c1-2-4-9-8(3-1)7-10(14-9)11-12-5-6-13-11;/h1,3,5-7H,2,4H2,(H,12,13);1H. The molecule has 0 fully saturated rings. The molecule has 0 unspecified atom stereocenters. The summed E-state index contributed by atoms with van der Waals surface area (Å²) < 4.78 is 5.71. The minimum atomic E-state index is 0. The SMILES string of the molecule is C1=Cc2cc(-c3ncc[nH]3)oc2CC1.Cl. The van der Waals surface area contributed by atoms with Crippen molar-refractivity contribution in [1.29, 1.82) is 0 Å². The molecule has 2 aromatic heterocycles. The molecule has 0 saturated heterocycles. The molecule has 3 rings (SSSR count). The lowest BCUT2D eigenvalue weighted by Crippen LogP contribution is -1.87. The lowest BCUT2D eigenvalue weighted by molar-refractivity contribution is 0.517. The highest BCUT2D eigenvalue weighted by Gasteiger charge is 2.13. The molecule has 0 spiro atoms. The van der Waals surface area contributed by atoms with Crippen molar-refractivity contribution >= 4 is 18.5 Å². The fraction of sp³-hybridized carbons (Fsp3) is 0.182. The van der Waals surface area contributed by atoms with Crippen LogP contribution in [0.4, 0.5) is 0 Å². The molecule has 0 radical (unpaired) electrons. The van der Waals surface area contributed by atoms with Gasteiger partial charge in [-0.1, -0.05) is 12.2 Å². The Kier molecular flexibility index (Phi) is 2.64. The van der Waals surface area contributed by atoms with Gasteiger partial charge in [-0.3, -0.25) is 0 Å². The Morgan fingerprint density at radius 2 is 2.33 bits per heavy atom. The Labute approximate surface area is 93.6 Å². The van der Waals surface area contributed by atoms with Gasteiger partial charge in [0.1, 0.15) is 5.76 Å². The second-order valence-corrected chi connectivity index (χ2v) is 3.37. The number of aromatic amines is 1. The number of rotatable bonds is 1. The molecule has 0 aromatic carbocycles. The Bertz CT molecular complexity index is 471. The number of aromatic nitrogens is 2. The van der Waals surface area contributed by atoms with Crippen LogP contribution in [0, 0.1) is 0 Å². The van der Waals surface area contributed by atoms with Gasteiger partial charge in [0, 0.05) is 24.4 Å². The number of hydrogen-bond acceptors (Lipinski definition) is 2. The first-order valence-electron chi connectivity index (χ1n) is 4.72. The van der Waals surface area contributed by atoms with Crippen LogP contribution < -0.4 is 0 Å². The van der Waals surface area contributed by atoms with Crippen LogP contribution in [-0.4, -0.2) is 9.97 Å². The van der Waals surface area contributed by atoms with Crippen molar-refractivity contribution < 1.29 is 4.42 Å². The van der Waals surface area contributed by atoms with E-state index in [0.717, 1.165) is 30.2 Å². The molecule has 0 amide bonds. The van der Waals surface area contributed by atoms with E-state index in [4.69, 9.17) is 4.42 Å². The summed E-state index contributed by atoms with van der Waals surface area (Å²) in [6.07, 6.45) is 9.86. The van der Waals surface area contributed by atoms with Crippen molar-refractivity contribution in [3.8, 4) is 11.6 Å². The van der Waals surface area contributed by atoms with E-state index in [-0.39, 0.29) is 12.4 Å². The molecule has 2 aromatic rings. The van der Waals surface area contributed by atoms with Gasteiger partial charge in [-0.25, -0.2) is 4.98 Å². The van der Waals surface area contributed by atoms with Gasteiger partial charge in [0.15, 0.2) is 11.6 Å². The number of imidazole rings is 1. The van der Waals surface area contributed by atoms with E-state index in [0.29, 0.717) is 0 Å². The van der Waals surface area contributed by atoms with E-state index in [1.165, 1.54) is 5.56 Å². The molecule has 2 heterocycles. The minimum Gasteiger partial charge on any atom is -0.457 e. The molecular weight excluding hydrogens is 212 g/mol. The molecule has 0 bridgehead atoms. The molecule has 15 heavy (non-hydrogen) atoms. The van der Waals surface area contributed by atoms with Crippen molar-refractivity contribution in [3.63, 3.8) is 0 Å². The second kappa shape index (κ2) is 3.95. The number of nitrogens with zero attached hydrogens (tertiary/aromatic N) is 1. The van der Waals surface area contributed by atoms with E-state index in [1.807, 2.05) is 6.07 Å². The molecule has 1 aliphatic rings. The Balaban J connectivity index is 0.000000853. The first-order valence-corrected chi connectivity index (χ1v) is 4.72. The van der Waals surface area contributed by atoms with Gasteiger partial charge in [-0.15, -0.1) is 12.4 Å². The Morgan fingerprint density at radius 3 is 3.07 bits per heavy atom. The molecular formula is C11H11ClN2O. The molecule has 1 N–H and O–H groups in total. The molecule has 78 valence electrons. The molecule has 0 saturated carbocycles. The van der Waals surface area contributed by atoms with Crippen LogP contribution in [0.1, 0.15) is 17.7 Å². The quantitative estimate of drug-likeness (QED) is 0.806. The second-order valence-electron chi connectivity index (χ2n) is 3.37. The highest BCUT2D eigenvalue weighted by molar-refractivity contribution is 5.85. The van der Waals surface area contributed by atoms with Crippen molar-refractivity contribution in [2.75, 3.05) is 0 Å². The summed E-state index contributed by atoms with van der Waals surface area (Å²) in [5, 5.41) is 0. The predicted molar refractivity (Wildman–Crippen MR) is 60.9 cm³/mol. The molecule has 0 atom stereocenters. The third-order valence-corrected chi connectivity index (χ3v) is 2.41. The predicted octanol–water partition coefficient (Wildman–Crippen LogP) is 3.05. The van der Waals surface area contributed by atoms with E-state index < -0.39 is 0 Å². The van der Waals surface area contributed by atoms with Crippen LogP contribution in [0.25, 0.3) is 17.7 Å². The van der Waals surface area contributed by atoms with Crippen LogP contribution in [0.3, 0.4) is 0 Å². The molecule has 0 aliphatic heterocycles. The van der Waals surface area contributed by atoms with Crippen LogP contribution >= 0.6 is 12.4 Å². The van der Waals surface area contributed by atoms with Crippen LogP contribution in [0.5, 0.6) is 0 Å². The summed E-state index contributed by atoms with van der Waals surface area (Å²) in [5.74, 6) is 2.69. The normalized spacial score (nSPS) is 13.3. The van der Waals surface area contributed by atoms with E-state index in [9.17, 15) is 0 Å². The average molecular weight is 223 g/mol. The third kappa shape index (κ3) is 1.70. The van der Waals surface area contributed by atoms with Crippen molar-refractivity contribution in [2.45, 2.75) is 12.8 Å². The van der Waals surface area contributed by atoms with Crippen molar-refractivity contribution in [1.82, 2.24) is 9.97 Å². The maximum atomic E-state index is 5.71. The maximum absolute atomic E-state index is 5.71. The molecule has 1 aliphatic carbocycles. The summed E-state index contributed by atoms with van der Waals surface area (Å²) >= 11 is 0. The fourth-order valence-corrected chi connectivity index (χ4v) is 1.72. The van der Waals surface area contributed by atoms with Gasteiger partial charge in [0.25, 0.3) is 0 Å². The zero-order valence-electron chi connectivity index (χ0n) is 8.06. The highest BCUT2D eigenvalue weighted by atomic mass is 35.5. The first kappa shape index (κ1) is 10.1. The number of nitrogens with one attached hydrogen (secondary N) is 1. The van der Waals surface area contributed by atoms with Gasteiger partial charge in [0.2, 0.25) is 0 Å². The molecule has 3 nitrogen and oxygen atoms in total. The number of fused-ring (bicyclic) bond motifs is 1. The van der Waals surface area contributed by atoms with Crippen molar-refractivity contribution in [3.05, 3.63) is 35.9 Å². The van der Waals surface area contributed by atoms with Crippen LogP contribution in [0.2, 0.25) is 0 Å². The van der Waals surface area contributed by atoms with Gasteiger partial charge in [-0.2, -0.15) is 0 Å². The first-order chi connectivity index (χ1) is 6.93. The van der Waals surface area contributed by atoms with Crippen LogP contribution in [0.15, 0.2) is 29.0 Å². The van der Waals surface area contributed by atoms with E-state index >= 15 is 0 Å². The van der Waals surface area contributed by atoms with E-state index in [2.05, 4.69) is 22.1 Å². The van der Waals surface area contributed by atoms with E-state index in [1.54, 1.807) is 12.4 Å². The summed E-state index contributed by atoms with van der Waals surface area (Å²) in [6, 6.07) is 2.03. The largest absolute Gasteiger partial charge is 0.457 e. The van der Waals surface area contributed by atoms with Crippen LogP contribution in [-0.2, 0) is 6.42 Å². The minimum absolute atomic E-state index is 0. The Morgan fingerprint density at radius 1 is 1.40 bits per heavy atom. The topological polar surface area (TPSA) is 41.8 Å². The number of aryl methyl sites for hydroxylation is 1. The zero-order valence-corrected chi connectivity index (χ0v) is 8.88. The van der Waals surface area contributed by atoms with Crippen molar-refractivity contribution in [2.24, 2.45) is 0 Å². The lowest BCUT2D eigenvalue weighted by Gasteiger charge is -2.00. The lowest BCUT2D eigenvalue weighted by atomic mass is 10.1. The maximum Gasteiger partial charge on any atom is 0.173 e. The highest BCUT2D eigenvalue weighted by Crippen LogP contribution is 2.27. The summed E-state index contributed by atoms with van der Waals surface area (Å²) in [5.41, 5.74) is 1.18. The monoisotopic (exact) mass is 222 g/mol. The summed E-state index contributed by atoms with van der Waals surface area (Å²) in [7, 11) is 0. The van der Waals surface area contributed by atoms with Gasteiger partial charge in [0.05, 0.1) is 0 Å². The molecule has 4 heteroatoms. The summed E-state index contributed by atoms with van der Waals surface area (Å²) in [4.78, 5) is 7.19. The Hall–Kier alpha value is -1.48.